The minimum atomic E-state index is -0.166. The molecular formula is C12H10BrF. The summed E-state index contributed by atoms with van der Waals surface area (Å²) in [6.07, 6.45) is 0. The first kappa shape index (κ1) is 9.66. The van der Waals surface area contributed by atoms with E-state index >= 15 is 0 Å². The van der Waals surface area contributed by atoms with Gasteiger partial charge in [0.1, 0.15) is 5.82 Å². The van der Waals surface area contributed by atoms with Gasteiger partial charge in [-0.15, -0.1) is 0 Å². The average Bonchev–Trinajstić information content (AvgIpc) is 2.16. The highest BCUT2D eigenvalue weighted by Crippen LogP contribution is 2.31. The molecule has 0 radical (unpaired) electrons. The third-order valence-electron chi connectivity index (χ3n) is 2.48. The molecule has 0 unspecified atom stereocenters. The molecule has 0 atom stereocenters. The number of fused-ring (bicyclic) bond motifs is 1. The van der Waals surface area contributed by atoms with Crippen LogP contribution in [0.1, 0.15) is 11.1 Å². The number of aryl methyl sites for hydroxylation is 2. The third-order valence-corrected chi connectivity index (χ3v) is 3.14. The molecule has 0 heterocycles. The first-order chi connectivity index (χ1) is 6.61. The Hall–Kier alpha value is -0.890. The summed E-state index contributed by atoms with van der Waals surface area (Å²) in [6, 6.07) is 7.22. The lowest BCUT2D eigenvalue weighted by Gasteiger charge is -2.08. The highest BCUT2D eigenvalue weighted by molar-refractivity contribution is 9.10. The van der Waals surface area contributed by atoms with Crippen molar-refractivity contribution < 1.29 is 4.39 Å². The van der Waals surface area contributed by atoms with E-state index in [0.29, 0.717) is 5.39 Å². The van der Waals surface area contributed by atoms with Crippen LogP contribution in [0, 0.1) is 19.7 Å². The van der Waals surface area contributed by atoms with Gasteiger partial charge >= 0.3 is 0 Å². The van der Waals surface area contributed by atoms with Gasteiger partial charge in [0, 0.05) is 9.86 Å². The van der Waals surface area contributed by atoms with Crippen molar-refractivity contribution >= 4 is 26.7 Å². The van der Waals surface area contributed by atoms with Gasteiger partial charge in [-0.2, -0.15) is 0 Å². The molecule has 0 spiro atoms. The van der Waals surface area contributed by atoms with Crippen LogP contribution in [0.4, 0.5) is 4.39 Å². The van der Waals surface area contributed by atoms with Crippen LogP contribution in [0.3, 0.4) is 0 Å². The zero-order valence-electron chi connectivity index (χ0n) is 8.07. The summed E-state index contributed by atoms with van der Waals surface area (Å²) in [5, 5.41) is 1.70. The van der Waals surface area contributed by atoms with E-state index in [-0.39, 0.29) is 5.82 Å². The molecule has 2 aromatic rings. The summed E-state index contributed by atoms with van der Waals surface area (Å²) < 4.78 is 14.4. The van der Waals surface area contributed by atoms with E-state index in [0.717, 1.165) is 21.0 Å². The smallest absolute Gasteiger partial charge is 0.132 e. The van der Waals surface area contributed by atoms with Gasteiger partial charge in [0.15, 0.2) is 0 Å². The SMILES string of the molecule is Cc1ccc(F)c2c(Br)ccc(C)c12. The minimum Gasteiger partial charge on any atom is -0.206 e. The van der Waals surface area contributed by atoms with E-state index in [1.165, 1.54) is 6.07 Å². The van der Waals surface area contributed by atoms with Gasteiger partial charge in [0.2, 0.25) is 0 Å². The Morgan fingerprint density at radius 2 is 1.50 bits per heavy atom. The van der Waals surface area contributed by atoms with Crippen molar-refractivity contribution in [3.63, 3.8) is 0 Å². The maximum absolute atomic E-state index is 13.6. The standard InChI is InChI=1S/C12H10BrF/c1-7-3-5-9(13)12-10(14)6-4-8(2)11(7)12/h3-6H,1-2H3. The molecule has 0 aromatic heterocycles. The summed E-state index contributed by atoms with van der Waals surface area (Å²) in [4.78, 5) is 0. The summed E-state index contributed by atoms with van der Waals surface area (Å²) in [6.45, 7) is 4.00. The van der Waals surface area contributed by atoms with Crippen LogP contribution in [0.25, 0.3) is 10.8 Å². The summed E-state index contributed by atoms with van der Waals surface area (Å²) in [5.74, 6) is -0.166. The van der Waals surface area contributed by atoms with Crippen molar-refractivity contribution in [1.29, 1.82) is 0 Å². The number of rotatable bonds is 0. The Morgan fingerprint density at radius 1 is 0.929 bits per heavy atom. The van der Waals surface area contributed by atoms with Crippen LogP contribution >= 0.6 is 15.9 Å². The number of hydrogen-bond acceptors (Lipinski definition) is 0. The van der Waals surface area contributed by atoms with Crippen LogP contribution in [-0.2, 0) is 0 Å². The number of benzene rings is 2. The lowest BCUT2D eigenvalue weighted by atomic mass is 10.0. The number of hydrogen-bond donors (Lipinski definition) is 0. The molecule has 2 aromatic carbocycles. The molecule has 2 heteroatoms. The molecule has 0 aliphatic rings. The summed E-state index contributed by atoms with van der Waals surface area (Å²) >= 11 is 3.38. The molecule has 0 bridgehead atoms. The Kier molecular flexibility index (Phi) is 2.31. The lowest BCUT2D eigenvalue weighted by Crippen LogP contribution is -1.88. The quantitative estimate of drug-likeness (QED) is 0.654. The van der Waals surface area contributed by atoms with Crippen molar-refractivity contribution in [2.24, 2.45) is 0 Å². The zero-order valence-corrected chi connectivity index (χ0v) is 9.65. The normalized spacial score (nSPS) is 10.9. The van der Waals surface area contributed by atoms with Gasteiger partial charge in [0.25, 0.3) is 0 Å². The van der Waals surface area contributed by atoms with Gasteiger partial charge in [-0.05, 0) is 42.5 Å². The van der Waals surface area contributed by atoms with Crippen molar-refractivity contribution in [3.05, 3.63) is 45.7 Å². The fourth-order valence-electron chi connectivity index (χ4n) is 1.79. The second kappa shape index (κ2) is 3.35. The molecule has 0 amide bonds. The van der Waals surface area contributed by atoms with Gasteiger partial charge < -0.3 is 0 Å². The molecule has 0 fully saturated rings. The number of halogens is 2. The molecule has 0 aliphatic heterocycles. The van der Waals surface area contributed by atoms with Crippen LogP contribution in [-0.4, -0.2) is 0 Å². The highest BCUT2D eigenvalue weighted by Gasteiger charge is 2.08. The monoisotopic (exact) mass is 252 g/mol. The van der Waals surface area contributed by atoms with E-state index in [1.54, 1.807) is 0 Å². The molecule has 0 saturated carbocycles. The molecular weight excluding hydrogens is 243 g/mol. The predicted molar refractivity (Wildman–Crippen MR) is 61.1 cm³/mol. The lowest BCUT2D eigenvalue weighted by molar-refractivity contribution is 0.639. The Bertz CT molecular complexity index is 414. The van der Waals surface area contributed by atoms with Gasteiger partial charge in [-0.1, -0.05) is 28.1 Å². The van der Waals surface area contributed by atoms with Gasteiger partial charge in [-0.3, -0.25) is 0 Å². The molecule has 0 aliphatic carbocycles. The molecule has 14 heavy (non-hydrogen) atoms. The molecule has 72 valence electrons. The topological polar surface area (TPSA) is 0 Å². The first-order valence-electron chi connectivity index (χ1n) is 4.45. The van der Waals surface area contributed by atoms with Gasteiger partial charge in [-0.25, -0.2) is 4.39 Å². The largest absolute Gasteiger partial charge is 0.206 e. The Morgan fingerprint density at radius 3 is 2.07 bits per heavy atom. The molecule has 0 N–H and O–H groups in total. The first-order valence-corrected chi connectivity index (χ1v) is 5.24. The maximum atomic E-state index is 13.6. The summed E-state index contributed by atoms with van der Waals surface area (Å²) in [7, 11) is 0. The van der Waals surface area contributed by atoms with E-state index in [2.05, 4.69) is 15.9 Å². The van der Waals surface area contributed by atoms with Crippen molar-refractivity contribution in [3.8, 4) is 0 Å². The van der Waals surface area contributed by atoms with Crippen LogP contribution in [0.5, 0.6) is 0 Å². The van der Waals surface area contributed by atoms with Crippen molar-refractivity contribution in [2.75, 3.05) is 0 Å². The van der Waals surface area contributed by atoms with Crippen molar-refractivity contribution in [2.45, 2.75) is 13.8 Å². The minimum absolute atomic E-state index is 0.166. The van der Waals surface area contributed by atoms with E-state index in [9.17, 15) is 4.39 Å². The summed E-state index contributed by atoms with van der Waals surface area (Å²) in [5.41, 5.74) is 2.22. The van der Waals surface area contributed by atoms with Crippen LogP contribution in [0.2, 0.25) is 0 Å². The predicted octanol–water partition coefficient (Wildman–Crippen LogP) is 4.36. The third kappa shape index (κ3) is 1.34. The molecule has 0 saturated heterocycles. The van der Waals surface area contributed by atoms with Gasteiger partial charge in [0.05, 0.1) is 0 Å². The molecule has 0 nitrogen and oxygen atoms in total. The fourth-order valence-corrected chi connectivity index (χ4v) is 2.31. The second-order valence-electron chi connectivity index (χ2n) is 3.48. The zero-order chi connectivity index (χ0) is 10.3. The maximum Gasteiger partial charge on any atom is 0.132 e. The Labute approximate surface area is 90.9 Å². The average molecular weight is 253 g/mol. The van der Waals surface area contributed by atoms with E-state index in [4.69, 9.17) is 0 Å². The van der Waals surface area contributed by atoms with Crippen LogP contribution in [0.15, 0.2) is 28.7 Å². The van der Waals surface area contributed by atoms with E-state index in [1.807, 2.05) is 32.0 Å². The van der Waals surface area contributed by atoms with E-state index < -0.39 is 0 Å². The van der Waals surface area contributed by atoms with Crippen molar-refractivity contribution in [1.82, 2.24) is 0 Å². The molecule has 2 rings (SSSR count). The second-order valence-corrected chi connectivity index (χ2v) is 4.33. The fraction of sp³-hybridized carbons (Fsp3) is 0.167. The highest BCUT2D eigenvalue weighted by atomic mass is 79.9. The Balaban J connectivity index is 3.05. The van der Waals surface area contributed by atoms with Crippen LogP contribution < -0.4 is 0 Å².